The number of nitrogens with zero attached hydrogens (tertiary/aromatic N) is 2. The molecule has 2 atom stereocenters. The molecule has 0 fully saturated rings. The highest BCUT2D eigenvalue weighted by Crippen LogP contribution is 2.07. The van der Waals surface area contributed by atoms with E-state index < -0.39 is 0 Å². The van der Waals surface area contributed by atoms with Crippen LogP contribution in [-0.2, 0) is 13.6 Å². The average molecular weight is 211 g/mol. The summed E-state index contributed by atoms with van der Waals surface area (Å²) in [5.41, 5.74) is 1.01. The fourth-order valence-electron chi connectivity index (χ4n) is 1.52. The molecule has 0 aliphatic rings. The molecule has 0 aliphatic heterocycles. The Labute approximate surface area is 91.3 Å². The number of aliphatic hydroxyl groups is 1. The molecule has 1 rings (SSSR count). The van der Waals surface area contributed by atoms with E-state index in [1.165, 1.54) is 0 Å². The monoisotopic (exact) mass is 211 g/mol. The zero-order valence-corrected chi connectivity index (χ0v) is 9.77. The van der Waals surface area contributed by atoms with Crippen LogP contribution in [0.5, 0.6) is 0 Å². The summed E-state index contributed by atoms with van der Waals surface area (Å²) in [6.45, 7) is 5.18. The number of aliphatic hydroxyl groups excluding tert-OH is 1. The number of nitrogens with one attached hydrogen (secondary N) is 1. The summed E-state index contributed by atoms with van der Waals surface area (Å²) < 4.78 is 1.79. The molecular formula is C11H21N3O. The van der Waals surface area contributed by atoms with Gasteiger partial charge in [-0.25, -0.2) is 0 Å². The van der Waals surface area contributed by atoms with Crippen molar-refractivity contribution in [3.63, 3.8) is 0 Å². The molecule has 4 heteroatoms. The Bertz CT molecular complexity index is 285. The fraction of sp³-hybridized carbons (Fsp3) is 0.727. The Balaban J connectivity index is 2.40. The van der Waals surface area contributed by atoms with Gasteiger partial charge in [-0.3, -0.25) is 4.68 Å². The van der Waals surface area contributed by atoms with Crippen molar-refractivity contribution < 1.29 is 5.11 Å². The standard InChI is InChI=1S/C11H21N3O/c1-4-9(2)11(8-15)12-7-10-5-6-14(3)13-10/h5-6,9,11-12,15H,4,7-8H2,1-3H3. The largest absolute Gasteiger partial charge is 0.395 e. The second kappa shape index (κ2) is 5.88. The smallest absolute Gasteiger partial charge is 0.0762 e. The molecule has 0 aliphatic carbocycles. The molecule has 0 saturated heterocycles. The first-order valence-corrected chi connectivity index (χ1v) is 5.50. The second-order valence-electron chi connectivity index (χ2n) is 4.04. The Kier molecular flexibility index (Phi) is 4.78. The second-order valence-corrected chi connectivity index (χ2v) is 4.04. The van der Waals surface area contributed by atoms with Gasteiger partial charge in [0.1, 0.15) is 0 Å². The first kappa shape index (κ1) is 12.2. The number of hydrogen-bond donors (Lipinski definition) is 2. The van der Waals surface area contributed by atoms with Crippen molar-refractivity contribution in [2.24, 2.45) is 13.0 Å². The molecule has 0 radical (unpaired) electrons. The maximum absolute atomic E-state index is 9.22. The van der Waals surface area contributed by atoms with Crippen LogP contribution in [0.1, 0.15) is 26.0 Å². The third-order valence-corrected chi connectivity index (χ3v) is 2.84. The Morgan fingerprint density at radius 3 is 2.80 bits per heavy atom. The van der Waals surface area contributed by atoms with Gasteiger partial charge in [0, 0.05) is 25.8 Å². The molecule has 0 aromatic carbocycles. The van der Waals surface area contributed by atoms with E-state index in [9.17, 15) is 5.11 Å². The van der Waals surface area contributed by atoms with Gasteiger partial charge in [-0.1, -0.05) is 20.3 Å². The third kappa shape index (κ3) is 3.64. The summed E-state index contributed by atoms with van der Waals surface area (Å²) in [5, 5.41) is 16.8. The van der Waals surface area contributed by atoms with Crippen molar-refractivity contribution in [1.29, 1.82) is 0 Å². The number of aromatic nitrogens is 2. The van der Waals surface area contributed by atoms with Crippen molar-refractivity contribution in [3.05, 3.63) is 18.0 Å². The summed E-state index contributed by atoms with van der Waals surface area (Å²) in [6, 6.07) is 2.15. The predicted octanol–water partition coefficient (Wildman–Crippen LogP) is 0.917. The van der Waals surface area contributed by atoms with Gasteiger partial charge in [0.05, 0.1) is 12.3 Å². The van der Waals surface area contributed by atoms with Gasteiger partial charge in [-0.2, -0.15) is 5.10 Å². The highest BCUT2D eigenvalue weighted by atomic mass is 16.3. The van der Waals surface area contributed by atoms with E-state index >= 15 is 0 Å². The van der Waals surface area contributed by atoms with Gasteiger partial charge in [-0.05, 0) is 12.0 Å². The normalized spacial score (nSPS) is 15.2. The van der Waals surface area contributed by atoms with Crippen LogP contribution in [0, 0.1) is 5.92 Å². The molecule has 0 bridgehead atoms. The van der Waals surface area contributed by atoms with Crippen LogP contribution in [0.3, 0.4) is 0 Å². The molecule has 86 valence electrons. The Hall–Kier alpha value is -0.870. The van der Waals surface area contributed by atoms with Crippen LogP contribution < -0.4 is 5.32 Å². The quantitative estimate of drug-likeness (QED) is 0.735. The summed E-state index contributed by atoms with van der Waals surface area (Å²) in [7, 11) is 1.90. The molecule has 0 spiro atoms. The van der Waals surface area contributed by atoms with E-state index in [1.807, 2.05) is 19.3 Å². The van der Waals surface area contributed by atoms with Crippen LogP contribution in [0.15, 0.2) is 12.3 Å². The molecule has 1 aromatic heterocycles. The minimum atomic E-state index is 0.164. The SMILES string of the molecule is CCC(C)C(CO)NCc1ccn(C)n1. The summed E-state index contributed by atoms with van der Waals surface area (Å²) in [4.78, 5) is 0. The first-order valence-electron chi connectivity index (χ1n) is 5.50. The summed E-state index contributed by atoms with van der Waals surface area (Å²) >= 11 is 0. The summed E-state index contributed by atoms with van der Waals surface area (Å²) in [5.74, 6) is 0.485. The van der Waals surface area contributed by atoms with Crippen molar-refractivity contribution >= 4 is 0 Å². The van der Waals surface area contributed by atoms with Crippen LogP contribution in [-0.4, -0.2) is 27.5 Å². The van der Waals surface area contributed by atoms with E-state index in [2.05, 4.69) is 24.3 Å². The highest BCUT2D eigenvalue weighted by molar-refractivity contribution is 4.98. The number of rotatable bonds is 6. The number of aryl methyl sites for hydroxylation is 1. The lowest BCUT2D eigenvalue weighted by Crippen LogP contribution is -2.37. The third-order valence-electron chi connectivity index (χ3n) is 2.84. The van der Waals surface area contributed by atoms with E-state index in [-0.39, 0.29) is 12.6 Å². The van der Waals surface area contributed by atoms with Crippen LogP contribution in [0.25, 0.3) is 0 Å². The molecule has 0 amide bonds. The van der Waals surface area contributed by atoms with Gasteiger partial charge < -0.3 is 10.4 Å². The molecular weight excluding hydrogens is 190 g/mol. The highest BCUT2D eigenvalue weighted by Gasteiger charge is 2.14. The first-order chi connectivity index (χ1) is 7.17. The van der Waals surface area contributed by atoms with Crippen molar-refractivity contribution in [2.75, 3.05) is 6.61 Å². The van der Waals surface area contributed by atoms with Crippen molar-refractivity contribution in [2.45, 2.75) is 32.9 Å². The zero-order chi connectivity index (χ0) is 11.3. The minimum absolute atomic E-state index is 0.164. The van der Waals surface area contributed by atoms with Crippen LogP contribution in [0.4, 0.5) is 0 Å². The molecule has 2 unspecified atom stereocenters. The van der Waals surface area contributed by atoms with E-state index in [4.69, 9.17) is 0 Å². The topological polar surface area (TPSA) is 50.1 Å². The van der Waals surface area contributed by atoms with Crippen molar-refractivity contribution in [3.8, 4) is 0 Å². The van der Waals surface area contributed by atoms with E-state index in [1.54, 1.807) is 4.68 Å². The van der Waals surface area contributed by atoms with Gasteiger partial charge in [0.2, 0.25) is 0 Å². The molecule has 4 nitrogen and oxygen atoms in total. The predicted molar refractivity (Wildman–Crippen MR) is 60.4 cm³/mol. The minimum Gasteiger partial charge on any atom is -0.395 e. The molecule has 15 heavy (non-hydrogen) atoms. The van der Waals surface area contributed by atoms with Gasteiger partial charge in [0.25, 0.3) is 0 Å². The number of hydrogen-bond acceptors (Lipinski definition) is 3. The lowest BCUT2D eigenvalue weighted by molar-refractivity contribution is 0.200. The van der Waals surface area contributed by atoms with E-state index in [0.717, 1.165) is 18.7 Å². The maximum Gasteiger partial charge on any atom is 0.0762 e. The van der Waals surface area contributed by atoms with Gasteiger partial charge in [-0.15, -0.1) is 0 Å². The molecule has 0 saturated carbocycles. The van der Waals surface area contributed by atoms with Crippen LogP contribution in [0.2, 0.25) is 0 Å². The summed E-state index contributed by atoms with van der Waals surface area (Å²) in [6.07, 6.45) is 2.99. The zero-order valence-electron chi connectivity index (χ0n) is 9.77. The van der Waals surface area contributed by atoms with Crippen LogP contribution >= 0.6 is 0 Å². The van der Waals surface area contributed by atoms with E-state index in [0.29, 0.717) is 5.92 Å². The Morgan fingerprint density at radius 1 is 1.60 bits per heavy atom. The molecule has 2 N–H and O–H groups in total. The average Bonchev–Trinajstić information content (AvgIpc) is 2.64. The van der Waals surface area contributed by atoms with Gasteiger partial charge >= 0.3 is 0 Å². The molecule has 1 heterocycles. The lowest BCUT2D eigenvalue weighted by Gasteiger charge is -2.21. The lowest BCUT2D eigenvalue weighted by atomic mass is 10.00. The van der Waals surface area contributed by atoms with Gasteiger partial charge in [0.15, 0.2) is 0 Å². The van der Waals surface area contributed by atoms with Crippen molar-refractivity contribution in [1.82, 2.24) is 15.1 Å². The maximum atomic E-state index is 9.22. The fourth-order valence-corrected chi connectivity index (χ4v) is 1.52. The Morgan fingerprint density at radius 2 is 2.33 bits per heavy atom. The molecule has 1 aromatic rings.